The maximum absolute atomic E-state index is 9.74. The molecule has 11 aliphatic rings. The van der Waals surface area contributed by atoms with Crippen LogP contribution in [0.1, 0.15) is 150 Å². The van der Waals surface area contributed by atoms with Gasteiger partial charge in [0.15, 0.2) is 0 Å². The average Bonchev–Trinajstić information content (AvgIpc) is 1.69. The first kappa shape index (κ1) is 120. The van der Waals surface area contributed by atoms with E-state index in [1.807, 2.05) is 71.8 Å². The van der Waals surface area contributed by atoms with E-state index in [0.29, 0.717) is 250 Å². The van der Waals surface area contributed by atoms with E-state index in [-0.39, 0.29) is 6.04 Å². The Morgan fingerprint density at radius 2 is 0.545 bits per heavy atom. The molecule has 9 aliphatic heterocycles. The number of rotatable bonds is 22. The molecular formula is C91H106B9Cl18N9O18. The number of hydrogen-bond acceptors (Lipinski definition) is 27. The third-order valence-corrected chi connectivity index (χ3v) is 31.0. The van der Waals surface area contributed by atoms with Crippen LogP contribution in [0.2, 0.25) is 90.4 Å². The van der Waals surface area contributed by atoms with Gasteiger partial charge in [-0.2, -0.15) is 0 Å². The highest BCUT2D eigenvalue weighted by atomic mass is 35.5. The van der Waals surface area contributed by atoms with Gasteiger partial charge in [-0.3, -0.25) is 0 Å². The number of anilines is 9. The van der Waals surface area contributed by atoms with Crippen molar-refractivity contribution in [2.24, 2.45) is 11.8 Å². The highest BCUT2D eigenvalue weighted by Crippen LogP contribution is 2.44. The molecule has 0 atom stereocenters. The Labute approximate surface area is 937 Å². The predicted molar refractivity (Wildman–Crippen MR) is 609 cm³/mol. The number of halogens is 18. The van der Waals surface area contributed by atoms with Gasteiger partial charge in [0.2, 0.25) is 0 Å². The second-order valence-corrected chi connectivity index (χ2v) is 42.4. The summed E-state index contributed by atoms with van der Waals surface area (Å²) in [7, 11) is -3.05. The van der Waals surface area contributed by atoms with Gasteiger partial charge in [-0.25, -0.2) is 0 Å². The lowest BCUT2D eigenvalue weighted by Gasteiger charge is -2.26. The van der Waals surface area contributed by atoms with Gasteiger partial charge in [-0.1, -0.05) is 236 Å². The average molecular weight is 2350 g/mol. The Bertz CT molecular complexity index is 6120. The summed E-state index contributed by atoms with van der Waals surface area (Å²) in [6.07, 6.45) is 9.48. The van der Waals surface area contributed by atoms with Crippen molar-refractivity contribution in [1.29, 1.82) is 0 Å². The predicted octanol–water partition coefficient (Wildman–Crippen LogP) is 17.2. The van der Waals surface area contributed by atoms with E-state index in [9.17, 15) is 45.2 Å². The molecule has 0 unspecified atom stereocenters. The normalized spacial score (nSPS) is 15.3. The Morgan fingerprint density at radius 3 is 0.800 bits per heavy atom. The van der Waals surface area contributed by atoms with Crippen molar-refractivity contribution in [3.63, 3.8) is 0 Å². The number of fused-ring (bicyclic) bond motifs is 9. The summed E-state index contributed by atoms with van der Waals surface area (Å²) in [5.41, 5.74) is 19.6. The number of nitrogens with zero attached hydrogens (tertiary/aromatic N) is 2. The molecular weight excluding hydrogens is 2240 g/mol. The molecule has 0 radical (unpaired) electrons. The fourth-order valence-corrected chi connectivity index (χ4v) is 23.8. The van der Waals surface area contributed by atoms with Gasteiger partial charge in [-0.05, 0) is 190 Å². The topological polar surface area (TPSA) is 356 Å². The minimum atomic E-state index is -0.951. The van der Waals surface area contributed by atoms with Crippen LogP contribution in [0, 0.1) is 11.8 Å². The maximum Gasteiger partial charge on any atom is 0.493 e. The van der Waals surface area contributed by atoms with E-state index >= 15 is 0 Å². The first-order chi connectivity index (χ1) is 69.0. The molecule has 2 saturated carbocycles. The molecule has 776 valence electrons. The van der Waals surface area contributed by atoms with Crippen molar-refractivity contribution < 1.29 is 87.1 Å². The van der Waals surface area contributed by atoms with Crippen molar-refractivity contribution in [2.45, 2.75) is 165 Å². The van der Waals surface area contributed by atoms with E-state index < -0.39 is 64.1 Å². The molecule has 54 heteroatoms. The van der Waals surface area contributed by atoms with Gasteiger partial charge in [0, 0.05) is 122 Å². The second-order valence-electron chi connectivity index (χ2n) is 35.4. The Kier molecular flexibility index (Phi) is 45.5. The van der Waals surface area contributed by atoms with E-state index in [1.54, 1.807) is 43.4 Å². The Balaban J connectivity index is 0.000000145. The van der Waals surface area contributed by atoms with Crippen LogP contribution in [0.5, 0.6) is 0 Å². The largest absolute Gasteiger partial charge is 0.493 e. The lowest BCUT2D eigenvalue weighted by Crippen LogP contribution is -2.32. The van der Waals surface area contributed by atoms with E-state index in [4.69, 9.17) is 251 Å². The molecule has 0 amide bonds. The van der Waals surface area contributed by atoms with Gasteiger partial charge >= 0.3 is 64.1 Å². The van der Waals surface area contributed by atoms with Gasteiger partial charge in [-0.15, -0.1) is 0 Å². The molecule has 2 aliphatic carbocycles. The maximum atomic E-state index is 9.74. The number of benzene rings is 9. The minimum absolute atomic E-state index is 0.215. The van der Waals surface area contributed by atoms with E-state index in [0.717, 1.165) is 127 Å². The summed E-state index contributed by atoms with van der Waals surface area (Å²) >= 11 is 111. The molecule has 145 heavy (non-hydrogen) atoms. The number of nitrogens with one attached hydrogen (secondary N) is 7. The molecule has 9 aromatic rings. The van der Waals surface area contributed by atoms with Crippen LogP contribution in [0.3, 0.4) is 0 Å². The standard InChI is InChI=1S/C12H14BCl2NO2.C11H12BCl2NO2.2C11H14BCl2NO2.2C10H12BCl2NO2.2C9H10BCl2NO2.C8H8BCl2NO2/c14-9-4-8-6-18-13(17)10(8)11(15)12(9)16-5-7-2-1-3-7;13-8-3-7-5-17-12(16)9(7)10(14)11(8)15-4-6-1-2-6;1-3-15(4-2)11-8(13)5-7-6-17-12(16)9(7)10(11)14;1-2-3-4-15-11-8(13)5-7-6-17-12(16)9(7)10(11)14;1-5(2)14-10-7(12)3-6-4-16-11(15)8(6)9(10)13;1-2-3-14-10-7(12)4-6-5-16-11(15)8(6)9(10)13;1-13(2)9-6(11)3-5-4-15-10(14)7(5)8(9)12;1-2-13-9-6(11)3-5-4-15-10(14)7(5)8(9)12;1-12-8-5(10)2-4-3-14-9(13)6(4)7(8)11/h4,7,16-17H,1-3,5-6H2;3,6,15-16H,1-2,4-5H2;5,16H,3-4,6H2,1-2H3;5,15-16H,2-4,6H2,1H3;3,5,14-15H,4H2,1-2H3;4,14-15H,2-3,5H2,1H3;3,14H,4H2,1-2H3;3,13-14H,2,4H2,1H3;2,12-13H,3H2,1H3. The summed E-state index contributed by atoms with van der Waals surface area (Å²) < 4.78 is 46.0. The van der Waals surface area contributed by atoms with Gasteiger partial charge in [0.25, 0.3) is 0 Å². The lowest BCUT2D eigenvalue weighted by atomic mass is 9.79. The van der Waals surface area contributed by atoms with Crippen molar-refractivity contribution in [1.82, 2.24) is 0 Å². The van der Waals surface area contributed by atoms with E-state index in [1.165, 1.54) is 32.1 Å². The summed E-state index contributed by atoms with van der Waals surface area (Å²) in [5, 5.41) is 118. The Hall–Kier alpha value is -3.74. The zero-order valence-corrected chi connectivity index (χ0v) is 94.1. The van der Waals surface area contributed by atoms with Crippen LogP contribution >= 0.6 is 209 Å². The van der Waals surface area contributed by atoms with Crippen molar-refractivity contribution in [3.8, 4) is 0 Å². The van der Waals surface area contributed by atoms with E-state index in [2.05, 4.69) is 56.0 Å². The molecule has 27 nitrogen and oxygen atoms in total. The zero-order chi connectivity index (χ0) is 106. The molecule has 9 aromatic carbocycles. The van der Waals surface area contributed by atoms with Crippen LogP contribution < -0.4 is 96.2 Å². The molecule has 16 N–H and O–H groups in total. The third kappa shape index (κ3) is 28.6. The van der Waals surface area contributed by atoms with Crippen LogP contribution in [0.4, 0.5) is 51.2 Å². The highest BCUT2D eigenvalue weighted by molar-refractivity contribution is 6.72. The fourth-order valence-electron chi connectivity index (χ4n) is 16.9. The van der Waals surface area contributed by atoms with Crippen LogP contribution in [-0.2, 0) is 101 Å². The summed E-state index contributed by atoms with van der Waals surface area (Å²) in [6.45, 7) is 23.1. The first-order valence-corrected chi connectivity index (χ1v) is 53.6. The van der Waals surface area contributed by atoms with Crippen molar-refractivity contribution in [2.75, 3.05) is 114 Å². The van der Waals surface area contributed by atoms with Crippen LogP contribution in [-0.4, -0.2) is 182 Å². The first-order valence-electron chi connectivity index (χ1n) is 46.8. The summed E-state index contributed by atoms with van der Waals surface area (Å²) in [4.78, 5) is 3.88. The Morgan fingerprint density at radius 1 is 0.303 bits per heavy atom. The summed E-state index contributed by atoms with van der Waals surface area (Å²) in [5.74, 6) is 1.45. The van der Waals surface area contributed by atoms with Crippen LogP contribution in [0.15, 0.2) is 54.6 Å². The van der Waals surface area contributed by atoms with Gasteiger partial charge < -0.3 is 134 Å². The smallest absolute Gasteiger partial charge is 0.423 e. The molecule has 20 rings (SSSR count). The van der Waals surface area contributed by atoms with Crippen LogP contribution in [0.25, 0.3) is 0 Å². The van der Waals surface area contributed by atoms with Crippen molar-refractivity contribution in [3.05, 3.63) is 195 Å². The second kappa shape index (κ2) is 55.1. The zero-order valence-electron chi connectivity index (χ0n) is 80.5. The van der Waals surface area contributed by atoms with Gasteiger partial charge in [0.05, 0.1) is 201 Å². The van der Waals surface area contributed by atoms with Gasteiger partial charge in [0.1, 0.15) is 0 Å². The molecule has 2 fully saturated rings. The number of hydrogen-bond donors (Lipinski definition) is 16. The molecule has 9 heterocycles. The molecule has 0 aromatic heterocycles. The minimum Gasteiger partial charge on any atom is -0.423 e. The number of unbranched alkanes of at least 4 members (excludes halogenated alkanes) is 1. The fraction of sp³-hybridized carbons (Fsp3) is 0.407. The quantitative estimate of drug-likeness (QED) is 0.0221. The molecule has 0 saturated heterocycles. The van der Waals surface area contributed by atoms with Crippen molar-refractivity contribution >= 4 is 373 Å². The third-order valence-electron chi connectivity index (χ3n) is 24.8. The SMILES string of the molecule is CC(C)Nc1c(Cl)cc2c(c1Cl)B(O)OC2.CCCCNc1c(Cl)cc2c(c1Cl)B(O)OC2.CCCNc1c(Cl)cc2c(c1Cl)B(O)OC2.CCN(CC)c1c(Cl)cc2c(c1Cl)B(O)OC2.CCNc1c(Cl)cc2c(c1Cl)B(O)OC2.CN(C)c1c(Cl)cc2c(c1Cl)B(O)OC2.CNc1c(Cl)cc2c(c1Cl)B(O)OC2.OB1OCc2cc(Cl)c(NCC3CC3)c(Cl)c21.OB1OCc2cc(Cl)c(NCC3CCC3)c(Cl)c21. The summed E-state index contributed by atoms with van der Waals surface area (Å²) in [6, 6.07) is 16.4. The molecule has 0 spiro atoms. The molecule has 0 bridgehead atoms. The highest BCUT2D eigenvalue weighted by Gasteiger charge is 2.42. The monoisotopic (exact) mass is 2340 g/mol. The lowest BCUT2D eigenvalue weighted by molar-refractivity contribution is 0.275.